The number of rotatable bonds is 3. The van der Waals surface area contributed by atoms with E-state index in [4.69, 9.17) is 10.2 Å². The highest BCUT2D eigenvalue weighted by Gasteiger charge is 2.21. The summed E-state index contributed by atoms with van der Waals surface area (Å²) in [6.07, 6.45) is 0. The van der Waals surface area contributed by atoms with Gasteiger partial charge in [-0.1, -0.05) is 40.7 Å². The van der Waals surface area contributed by atoms with E-state index < -0.39 is 0 Å². The smallest absolute Gasteiger partial charge is 0.200 e. The summed E-state index contributed by atoms with van der Waals surface area (Å²) >= 11 is 0. The van der Waals surface area contributed by atoms with Crippen molar-refractivity contribution in [2.75, 3.05) is 6.54 Å². The maximum Gasteiger partial charge on any atom is 0.200 e. The van der Waals surface area contributed by atoms with Crippen molar-refractivity contribution in [2.24, 2.45) is 11.7 Å². The highest BCUT2D eigenvalue weighted by atomic mass is 16.3. The molecule has 3 heteroatoms. The summed E-state index contributed by atoms with van der Waals surface area (Å²) < 4.78 is 5.86. The van der Waals surface area contributed by atoms with Gasteiger partial charge in [0.2, 0.25) is 0 Å². The molecule has 0 saturated heterocycles. The van der Waals surface area contributed by atoms with Gasteiger partial charge in [0.25, 0.3) is 0 Å². The highest BCUT2D eigenvalue weighted by molar-refractivity contribution is 5.74. The molecule has 0 fully saturated rings. The quantitative estimate of drug-likeness (QED) is 0.912. The third-order valence-electron chi connectivity index (χ3n) is 3.65. The van der Waals surface area contributed by atoms with Crippen molar-refractivity contribution in [1.29, 1.82) is 0 Å². The monoisotopic (exact) mass is 260 g/mol. The molecule has 0 aliphatic carbocycles. The average molecular weight is 260 g/mol. The number of hydrogen-bond acceptors (Lipinski definition) is 3. The Balaban J connectivity index is 2.46. The molecule has 0 bridgehead atoms. The summed E-state index contributed by atoms with van der Waals surface area (Å²) in [4.78, 5) is 4.63. The molecule has 0 aliphatic heterocycles. The topological polar surface area (TPSA) is 52.0 Å². The van der Waals surface area contributed by atoms with Gasteiger partial charge in [-0.25, -0.2) is 4.98 Å². The zero-order chi connectivity index (χ0) is 14.2. The summed E-state index contributed by atoms with van der Waals surface area (Å²) in [6, 6.07) is 6.25. The van der Waals surface area contributed by atoms with Gasteiger partial charge in [0.1, 0.15) is 5.52 Å². The van der Waals surface area contributed by atoms with Crippen LogP contribution in [0.2, 0.25) is 0 Å². The largest absolute Gasteiger partial charge is 0.440 e. The number of hydrogen-bond donors (Lipinski definition) is 1. The van der Waals surface area contributed by atoms with Gasteiger partial charge >= 0.3 is 0 Å². The Morgan fingerprint density at radius 3 is 2.47 bits per heavy atom. The SMILES string of the molecule is CC(C)C(CN)c1nc2cc(C(C)(C)C)ccc2o1. The van der Waals surface area contributed by atoms with Crippen LogP contribution >= 0.6 is 0 Å². The fourth-order valence-electron chi connectivity index (χ4n) is 2.23. The van der Waals surface area contributed by atoms with Crippen molar-refractivity contribution in [3.63, 3.8) is 0 Å². The normalized spacial score (nSPS) is 14.3. The summed E-state index contributed by atoms with van der Waals surface area (Å²) in [5.41, 5.74) is 9.00. The first-order valence-electron chi connectivity index (χ1n) is 6.94. The average Bonchev–Trinajstić information content (AvgIpc) is 2.70. The Bertz CT molecular complexity index is 564. The van der Waals surface area contributed by atoms with Gasteiger partial charge in [0.05, 0.1) is 5.92 Å². The van der Waals surface area contributed by atoms with E-state index >= 15 is 0 Å². The second-order valence-electron chi connectivity index (χ2n) is 6.57. The Labute approximate surface area is 115 Å². The van der Waals surface area contributed by atoms with E-state index in [9.17, 15) is 0 Å². The molecular formula is C16H24N2O. The molecule has 19 heavy (non-hydrogen) atoms. The first-order valence-corrected chi connectivity index (χ1v) is 6.94. The molecule has 3 nitrogen and oxygen atoms in total. The third-order valence-corrected chi connectivity index (χ3v) is 3.65. The second kappa shape index (κ2) is 4.97. The van der Waals surface area contributed by atoms with Gasteiger partial charge in [0, 0.05) is 6.54 Å². The van der Waals surface area contributed by atoms with Gasteiger partial charge in [0.15, 0.2) is 11.5 Å². The summed E-state index contributed by atoms with van der Waals surface area (Å²) in [7, 11) is 0. The zero-order valence-electron chi connectivity index (χ0n) is 12.5. The summed E-state index contributed by atoms with van der Waals surface area (Å²) in [5.74, 6) is 1.38. The Hall–Kier alpha value is -1.35. The van der Waals surface area contributed by atoms with Gasteiger partial charge in [-0.05, 0) is 29.0 Å². The predicted octanol–water partition coefficient (Wildman–Crippen LogP) is 3.82. The van der Waals surface area contributed by atoms with E-state index in [1.54, 1.807) is 0 Å². The first kappa shape index (κ1) is 14.1. The number of benzene rings is 1. The molecule has 0 aliphatic rings. The van der Waals surface area contributed by atoms with E-state index in [1.165, 1.54) is 5.56 Å². The van der Waals surface area contributed by atoms with E-state index in [0.717, 1.165) is 17.0 Å². The molecule has 2 aromatic rings. The second-order valence-corrected chi connectivity index (χ2v) is 6.57. The Kier molecular flexibility index (Phi) is 3.68. The number of oxazole rings is 1. The minimum Gasteiger partial charge on any atom is -0.440 e. The van der Waals surface area contributed by atoms with Crippen molar-refractivity contribution in [3.8, 4) is 0 Å². The van der Waals surface area contributed by atoms with Crippen LogP contribution in [0.5, 0.6) is 0 Å². The fourth-order valence-corrected chi connectivity index (χ4v) is 2.23. The lowest BCUT2D eigenvalue weighted by molar-refractivity contribution is 0.400. The molecule has 0 spiro atoms. The molecule has 1 aromatic heterocycles. The maximum absolute atomic E-state index is 5.86. The van der Waals surface area contributed by atoms with E-state index in [1.807, 2.05) is 6.07 Å². The fraction of sp³-hybridized carbons (Fsp3) is 0.562. The van der Waals surface area contributed by atoms with Gasteiger partial charge in [-0.2, -0.15) is 0 Å². The molecule has 0 amide bonds. The minimum absolute atomic E-state index is 0.124. The Morgan fingerprint density at radius 2 is 1.95 bits per heavy atom. The van der Waals surface area contributed by atoms with Crippen molar-refractivity contribution >= 4 is 11.1 Å². The number of aromatic nitrogens is 1. The van der Waals surface area contributed by atoms with Crippen LogP contribution in [-0.4, -0.2) is 11.5 Å². The predicted molar refractivity (Wildman–Crippen MR) is 79.3 cm³/mol. The van der Waals surface area contributed by atoms with Crippen LogP contribution in [0, 0.1) is 5.92 Å². The standard InChI is InChI=1S/C16H24N2O/c1-10(2)12(9-17)15-18-13-8-11(16(3,4)5)6-7-14(13)19-15/h6-8,10,12H,9,17H2,1-5H3. The van der Waals surface area contributed by atoms with Crippen LogP contribution in [0.15, 0.2) is 22.6 Å². The van der Waals surface area contributed by atoms with Gasteiger partial charge in [-0.3, -0.25) is 0 Å². The first-order chi connectivity index (χ1) is 8.82. The lowest BCUT2D eigenvalue weighted by atomic mass is 9.87. The molecule has 104 valence electrons. The molecule has 1 unspecified atom stereocenters. The maximum atomic E-state index is 5.86. The molecule has 0 radical (unpaired) electrons. The highest BCUT2D eigenvalue weighted by Crippen LogP contribution is 2.29. The van der Waals surface area contributed by atoms with Crippen molar-refractivity contribution in [2.45, 2.75) is 46.0 Å². The zero-order valence-corrected chi connectivity index (χ0v) is 12.5. The van der Waals surface area contributed by atoms with Crippen molar-refractivity contribution in [3.05, 3.63) is 29.7 Å². The molecule has 1 aromatic carbocycles. The van der Waals surface area contributed by atoms with Crippen molar-refractivity contribution in [1.82, 2.24) is 4.98 Å². The molecule has 1 heterocycles. The van der Waals surface area contributed by atoms with Crippen LogP contribution in [0.25, 0.3) is 11.1 Å². The van der Waals surface area contributed by atoms with Gasteiger partial charge < -0.3 is 10.2 Å². The van der Waals surface area contributed by atoms with E-state index in [0.29, 0.717) is 12.5 Å². The summed E-state index contributed by atoms with van der Waals surface area (Å²) in [6.45, 7) is 11.5. The number of nitrogens with two attached hydrogens (primary N) is 1. The third kappa shape index (κ3) is 2.81. The van der Waals surface area contributed by atoms with E-state index in [-0.39, 0.29) is 11.3 Å². The molecule has 2 rings (SSSR count). The minimum atomic E-state index is 0.124. The van der Waals surface area contributed by atoms with Crippen LogP contribution < -0.4 is 5.73 Å². The van der Waals surface area contributed by atoms with Crippen LogP contribution in [0.3, 0.4) is 0 Å². The van der Waals surface area contributed by atoms with Crippen LogP contribution in [-0.2, 0) is 5.41 Å². The van der Waals surface area contributed by atoms with Crippen LogP contribution in [0.1, 0.15) is 52.0 Å². The Morgan fingerprint density at radius 1 is 1.26 bits per heavy atom. The summed E-state index contributed by atoms with van der Waals surface area (Å²) in [5, 5.41) is 0. The number of nitrogens with zero attached hydrogens (tertiary/aromatic N) is 1. The molecule has 1 atom stereocenters. The van der Waals surface area contributed by atoms with E-state index in [2.05, 4.69) is 51.7 Å². The van der Waals surface area contributed by atoms with Gasteiger partial charge in [-0.15, -0.1) is 0 Å². The van der Waals surface area contributed by atoms with Crippen molar-refractivity contribution < 1.29 is 4.42 Å². The molecule has 2 N–H and O–H groups in total. The lowest BCUT2D eigenvalue weighted by Crippen LogP contribution is -2.18. The lowest BCUT2D eigenvalue weighted by Gasteiger charge is -2.18. The molecule has 0 saturated carbocycles. The molecular weight excluding hydrogens is 236 g/mol. The van der Waals surface area contributed by atoms with Crippen LogP contribution in [0.4, 0.5) is 0 Å². The number of fused-ring (bicyclic) bond motifs is 1.